The Hall–Kier alpha value is -3.25. The summed E-state index contributed by atoms with van der Waals surface area (Å²) in [5.41, 5.74) is 4.26. The number of aryl methyl sites for hydroxylation is 1. The van der Waals surface area contributed by atoms with E-state index in [1.165, 1.54) is 0 Å². The summed E-state index contributed by atoms with van der Waals surface area (Å²) in [7, 11) is 2.04. The number of rotatable bonds is 6. The maximum Gasteiger partial charge on any atom is 0.240 e. The number of nitrogens with zero attached hydrogens (tertiary/aromatic N) is 5. The molecule has 0 atom stereocenters. The van der Waals surface area contributed by atoms with Gasteiger partial charge in [-0.2, -0.15) is 10.1 Å². The van der Waals surface area contributed by atoms with Crippen LogP contribution < -0.4 is 0 Å². The first-order chi connectivity index (χ1) is 13.2. The number of para-hydroxylation sites is 1. The Balaban J connectivity index is 1.64. The fourth-order valence-corrected chi connectivity index (χ4v) is 3.06. The summed E-state index contributed by atoms with van der Waals surface area (Å²) in [5.74, 6) is 1.27. The Morgan fingerprint density at radius 2 is 1.67 bits per heavy atom. The van der Waals surface area contributed by atoms with Gasteiger partial charge in [-0.25, -0.2) is 4.68 Å². The second-order valence-electron chi connectivity index (χ2n) is 6.56. The van der Waals surface area contributed by atoms with Crippen molar-refractivity contribution in [2.45, 2.75) is 20.0 Å². The fourth-order valence-electron chi connectivity index (χ4n) is 3.06. The van der Waals surface area contributed by atoms with Crippen molar-refractivity contribution in [3.05, 3.63) is 84.1 Å². The Kier molecular flexibility index (Phi) is 4.80. The Bertz CT molecular complexity index is 1010. The van der Waals surface area contributed by atoms with Crippen LogP contribution in [0.25, 0.3) is 16.9 Å². The van der Waals surface area contributed by atoms with Crippen LogP contribution in [0.1, 0.15) is 17.3 Å². The van der Waals surface area contributed by atoms with Gasteiger partial charge in [0, 0.05) is 23.9 Å². The summed E-state index contributed by atoms with van der Waals surface area (Å²) in [6.45, 7) is 3.13. The molecule has 136 valence electrons. The van der Waals surface area contributed by atoms with Crippen LogP contribution in [0.4, 0.5) is 0 Å². The Morgan fingerprint density at radius 3 is 2.33 bits per heavy atom. The van der Waals surface area contributed by atoms with Crippen molar-refractivity contribution in [2.75, 3.05) is 7.05 Å². The van der Waals surface area contributed by atoms with E-state index in [0.717, 1.165) is 29.1 Å². The van der Waals surface area contributed by atoms with Crippen molar-refractivity contribution in [2.24, 2.45) is 0 Å². The van der Waals surface area contributed by atoms with E-state index >= 15 is 0 Å². The molecule has 0 N–H and O–H groups in total. The first-order valence-electron chi connectivity index (χ1n) is 8.86. The molecule has 4 aromatic rings. The number of aromatic nitrogens is 4. The Labute approximate surface area is 158 Å². The summed E-state index contributed by atoms with van der Waals surface area (Å²) in [5, 5.41) is 8.71. The molecule has 0 aliphatic carbocycles. The number of benzene rings is 2. The minimum Gasteiger partial charge on any atom is -0.338 e. The average Bonchev–Trinajstić information content (AvgIpc) is 3.29. The van der Waals surface area contributed by atoms with Gasteiger partial charge < -0.3 is 4.52 Å². The quantitative estimate of drug-likeness (QED) is 0.523. The van der Waals surface area contributed by atoms with E-state index in [1.807, 2.05) is 55.1 Å². The van der Waals surface area contributed by atoms with Gasteiger partial charge in [0.2, 0.25) is 5.89 Å². The highest BCUT2D eigenvalue weighted by Gasteiger charge is 2.15. The van der Waals surface area contributed by atoms with Gasteiger partial charge in [0.1, 0.15) is 0 Å². The molecule has 27 heavy (non-hydrogen) atoms. The van der Waals surface area contributed by atoms with Crippen molar-refractivity contribution in [3.63, 3.8) is 0 Å². The molecular weight excluding hydrogens is 338 g/mol. The normalized spacial score (nSPS) is 11.2. The highest BCUT2D eigenvalue weighted by molar-refractivity contribution is 5.63. The third-order valence-electron chi connectivity index (χ3n) is 4.27. The van der Waals surface area contributed by atoms with Crippen molar-refractivity contribution in [1.29, 1.82) is 0 Å². The van der Waals surface area contributed by atoms with Crippen LogP contribution in [0.5, 0.6) is 0 Å². The molecule has 0 radical (unpaired) electrons. The van der Waals surface area contributed by atoms with Crippen molar-refractivity contribution in [1.82, 2.24) is 24.8 Å². The molecule has 0 saturated heterocycles. The predicted molar refractivity (Wildman–Crippen MR) is 103 cm³/mol. The van der Waals surface area contributed by atoms with E-state index in [2.05, 4.69) is 45.5 Å². The van der Waals surface area contributed by atoms with Gasteiger partial charge in [0.05, 0.1) is 17.9 Å². The molecule has 2 aromatic heterocycles. The van der Waals surface area contributed by atoms with Gasteiger partial charge in [0.15, 0.2) is 5.82 Å². The van der Waals surface area contributed by atoms with Crippen LogP contribution in [0.15, 0.2) is 71.4 Å². The second kappa shape index (κ2) is 7.55. The third-order valence-corrected chi connectivity index (χ3v) is 4.27. The molecule has 0 aliphatic rings. The largest absolute Gasteiger partial charge is 0.338 e. The van der Waals surface area contributed by atoms with Crippen molar-refractivity contribution < 1.29 is 4.52 Å². The van der Waals surface area contributed by atoms with E-state index in [4.69, 9.17) is 9.62 Å². The first kappa shape index (κ1) is 17.2. The van der Waals surface area contributed by atoms with Crippen LogP contribution in [0.3, 0.4) is 0 Å². The fraction of sp³-hybridized carbons (Fsp3) is 0.190. The maximum absolute atomic E-state index is 5.24. The smallest absolute Gasteiger partial charge is 0.240 e. The summed E-state index contributed by atoms with van der Waals surface area (Å²) < 4.78 is 7.17. The van der Waals surface area contributed by atoms with Crippen molar-refractivity contribution in [3.8, 4) is 16.9 Å². The molecule has 0 fully saturated rings. The van der Waals surface area contributed by atoms with Crippen LogP contribution in [-0.4, -0.2) is 31.9 Å². The van der Waals surface area contributed by atoms with Crippen LogP contribution in [-0.2, 0) is 13.1 Å². The molecule has 6 nitrogen and oxygen atoms in total. The molecule has 0 aliphatic heterocycles. The molecule has 0 amide bonds. The monoisotopic (exact) mass is 359 g/mol. The van der Waals surface area contributed by atoms with Crippen LogP contribution in [0.2, 0.25) is 0 Å². The lowest BCUT2D eigenvalue weighted by atomic mass is 10.1. The first-order valence-corrected chi connectivity index (χ1v) is 8.86. The predicted octanol–water partition coefficient (Wildman–Crippen LogP) is 3.86. The summed E-state index contributed by atoms with van der Waals surface area (Å²) in [4.78, 5) is 6.43. The van der Waals surface area contributed by atoms with Gasteiger partial charge in [-0.3, -0.25) is 4.90 Å². The Morgan fingerprint density at radius 1 is 0.963 bits per heavy atom. The zero-order valence-corrected chi connectivity index (χ0v) is 15.4. The van der Waals surface area contributed by atoms with E-state index in [1.54, 1.807) is 0 Å². The molecule has 0 saturated carbocycles. The lowest BCUT2D eigenvalue weighted by Crippen LogP contribution is -2.17. The summed E-state index contributed by atoms with van der Waals surface area (Å²) in [6, 6.07) is 20.4. The van der Waals surface area contributed by atoms with E-state index in [9.17, 15) is 0 Å². The van der Waals surface area contributed by atoms with E-state index < -0.39 is 0 Å². The van der Waals surface area contributed by atoms with Gasteiger partial charge in [-0.05, 0) is 26.1 Å². The SMILES string of the molecule is Cc1noc(CN(C)Cc2cn(-c3ccccc3)nc2-c2ccccc2)n1. The number of hydrogen-bond donors (Lipinski definition) is 0. The minimum absolute atomic E-state index is 0.589. The molecular formula is C21H21N5O. The standard InChI is InChI=1S/C21H21N5O/c1-16-22-20(27-24-16)15-25(2)13-18-14-26(19-11-7-4-8-12-19)23-21(18)17-9-5-3-6-10-17/h3-12,14H,13,15H2,1-2H3. The molecule has 2 aromatic carbocycles. The second-order valence-corrected chi connectivity index (χ2v) is 6.56. The molecule has 0 unspecified atom stereocenters. The molecule has 4 rings (SSSR count). The van der Waals surface area contributed by atoms with Gasteiger partial charge in [0.25, 0.3) is 0 Å². The van der Waals surface area contributed by atoms with Crippen LogP contribution >= 0.6 is 0 Å². The maximum atomic E-state index is 5.24. The van der Waals surface area contributed by atoms with Gasteiger partial charge >= 0.3 is 0 Å². The zero-order chi connectivity index (χ0) is 18.6. The topological polar surface area (TPSA) is 60.0 Å². The molecule has 6 heteroatoms. The number of hydrogen-bond acceptors (Lipinski definition) is 5. The summed E-state index contributed by atoms with van der Waals surface area (Å²) >= 11 is 0. The summed E-state index contributed by atoms with van der Waals surface area (Å²) in [6.07, 6.45) is 2.09. The van der Waals surface area contributed by atoms with Gasteiger partial charge in [-0.1, -0.05) is 53.7 Å². The highest BCUT2D eigenvalue weighted by atomic mass is 16.5. The molecule has 0 spiro atoms. The van der Waals surface area contributed by atoms with Crippen molar-refractivity contribution >= 4 is 0 Å². The van der Waals surface area contributed by atoms with E-state index in [-0.39, 0.29) is 0 Å². The molecule has 0 bridgehead atoms. The average molecular weight is 359 g/mol. The van der Waals surface area contributed by atoms with Crippen LogP contribution in [0, 0.1) is 6.92 Å². The van der Waals surface area contributed by atoms with E-state index in [0.29, 0.717) is 18.3 Å². The van der Waals surface area contributed by atoms with Gasteiger partial charge in [-0.15, -0.1) is 0 Å². The third kappa shape index (κ3) is 3.96. The molecule has 2 heterocycles. The lowest BCUT2D eigenvalue weighted by molar-refractivity contribution is 0.260. The minimum atomic E-state index is 0.589. The highest BCUT2D eigenvalue weighted by Crippen LogP contribution is 2.25. The zero-order valence-electron chi connectivity index (χ0n) is 15.4. The lowest BCUT2D eigenvalue weighted by Gasteiger charge is -2.13.